The molecular formula is C25H16BrN3O3S2. The van der Waals surface area contributed by atoms with Crippen molar-refractivity contribution in [3.8, 4) is 11.4 Å². The first-order valence-corrected chi connectivity index (χ1v) is 12.2. The van der Waals surface area contributed by atoms with E-state index in [0.717, 1.165) is 10.0 Å². The minimum absolute atomic E-state index is 0.100. The molecule has 0 bridgehead atoms. The van der Waals surface area contributed by atoms with Crippen LogP contribution in [-0.2, 0) is 11.4 Å². The average Bonchev–Trinajstić information content (AvgIpc) is 3.16. The number of rotatable bonds is 5. The predicted molar refractivity (Wildman–Crippen MR) is 142 cm³/mol. The Balaban J connectivity index is 1.44. The molecule has 1 aromatic heterocycles. The lowest BCUT2D eigenvalue weighted by molar-refractivity contribution is -0.115. The number of carbonyl (C=O) groups excluding carboxylic acids is 1. The molecule has 0 atom stereocenters. The maximum atomic E-state index is 13.3. The highest BCUT2D eigenvalue weighted by Gasteiger charge is 2.21. The first kappa shape index (κ1) is 22.5. The van der Waals surface area contributed by atoms with Gasteiger partial charge in [-0.1, -0.05) is 64.2 Å². The molecule has 1 saturated heterocycles. The van der Waals surface area contributed by atoms with Crippen LogP contribution in [0.2, 0.25) is 0 Å². The van der Waals surface area contributed by atoms with Gasteiger partial charge in [-0.05, 0) is 60.2 Å². The third kappa shape index (κ3) is 4.68. The summed E-state index contributed by atoms with van der Waals surface area (Å²) in [6.07, 6.45) is 1.78. The van der Waals surface area contributed by atoms with E-state index in [1.807, 2.05) is 66.7 Å². The van der Waals surface area contributed by atoms with Crippen LogP contribution in [0, 0.1) is 0 Å². The van der Waals surface area contributed by atoms with Crippen LogP contribution in [0.25, 0.3) is 22.7 Å². The Hall–Kier alpha value is -3.27. The summed E-state index contributed by atoms with van der Waals surface area (Å²) in [5, 5.41) is 3.14. The van der Waals surface area contributed by atoms with Gasteiger partial charge in [0, 0.05) is 4.47 Å². The minimum Gasteiger partial charge on any atom is -0.486 e. The zero-order chi connectivity index (χ0) is 23.7. The molecule has 0 saturated carbocycles. The molecule has 0 unspecified atom stereocenters. The van der Waals surface area contributed by atoms with Gasteiger partial charge in [0.1, 0.15) is 16.7 Å². The first-order chi connectivity index (χ1) is 16.5. The number of thiocarbonyl (C=S) groups is 1. The van der Waals surface area contributed by atoms with Crippen LogP contribution in [-0.4, -0.2) is 19.8 Å². The number of hydrogen-bond acceptors (Lipinski definition) is 6. The van der Waals surface area contributed by atoms with Gasteiger partial charge in [0.2, 0.25) is 0 Å². The van der Waals surface area contributed by atoms with E-state index in [1.54, 1.807) is 16.7 Å². The fourth-order valence-electron chi connectivity index (χ4n) is 3.51. The van der Waals surface area contributed by atoms with Gasteiger partial charge >= 0.3 is 0 Å². The first-order valence-electron chi connectivity index (χ1n) is 10.2. The highest BCUT2D eigenvalue weighted by molar-refractivity contribution is 9.10. The Morgan fingerprint density at radius 3 is 2.47 bits per heavy atom. The zero-order valence-electron chi connectivity index (χ0n) is 17.5. The van der Waals surface area contributed by atoms with E-state index in [-0.39, 0.29) is 18.1 Å². The summed E-state index contributed by atoms with van der Waals surface area (Å²) in [5.74, 6) is 0.916. The number of benzene rings is 3. The van der Waals surface area contributed by atoms with Crippen molar-refractivity contribution < 1.29 is 9.53 Å². The van der Waals surface area contributed by atoms with Gasteiger partial charge in [-0.3, -0.25) is 14.2 Å². The molecule has 1 fully saturated rings. The van der Waals surface area contributed by atoms with Gasteiger partial charge in [-0.25, -0.2) is 4.98 Å². The Morgan fingerprint density at radius 1 is 1.03 bits per heavy atom. The van der Waals surface area contributed by atoms with Crippen LogP contribution in [0.4, 0.5) is 0 Å². The molecule has 168 valence electrons. The second kappa shape index (κ2) is 9.54. The summed E-state index contributed by atoms with van der Waals surface area (Å²) in [5.41, 5.74) is 2.02. The van der Waals surface area contributed by atoms with Crippen LogP contribution < -0.4 is 15.6 Å². The Kier molecular flexibility index (Phi) is 6.32. The number of nitrogens with one attached hydrogen (secondary N) is 1. The van der Waals surface area contributed by atoms with Gasteiger partial charge in [-0.15, -0.1) is 0 Å². The lowest BCUT2D eigenvalue weighted by Crippen LogP contribution is -2.25. The molecule has 4 aromatic rings. The van der Waals surface area contributed by atoms with Crippen LogP contribution >= 0.6 is 39.9 Å². The molecule has 9 heteroatoms. The summed E-state index contributed by atoms with van der Waals surface area (Å²) >= 11 is 9.69. The molecule has 6 nitrogen and oxygen atoms in total. The topological polar surface area (TPSA) is 73.2 Å². The molecule has 0 radical (unpaired) electrons. The Labute approximate surface area is 212 Å². The van der Waals surface area contributed by atoms with Gasteiger partial charge in [-0.2, -0.15) is 0 Å². The molecule has 0 aliphatic carbocycles. The number of fused-ring (bicyclic) bond motifs is 1. The number of aromatic nitrogens is 2. The fourth-order valence-corrected chi connectivity index (χ4v) is 4.82. The third-order valence-corrected chi connectivity index (χ3v) is 6.81. The van der Waals surface area contributed by atoms with E-state index in [4.69, 9.17) is 21.9 Å². The SMILES string of the molecule is O=C1NC(=S)S/C1=C/c1ccc(OCc2nc3ccccc3c(=O)n2-c2ccc(Br)cc2)cc1. The van der Waals surface area contributed by atoms with Crippen LogP contribution in [0.15, 0.2) is 87.0 Å². The van der Waals surface area contributed by atoms with Gasteiger partial charge < -0.3 is 10.1 Å². The molecule has 0 spiro atoms. The lowest BCUT2D eigenvalue weighted by atomic mass is 10.2. The summed E-state index contributed by atoms with van der Waals surface area (Å²) in [4.78, 5) is 30.4. The van der Waals surface area contributed by atoms with Crippen molar-refractivity contribution in [1.29, 1.82) is 0 Å². The van der Waals surface area contributed by atoms with Gasteiger partial charge in [0.05, 0.1) is 21.5 Å². The second-order valence-corrected chi connectivity index (χ2v) is 10.0. The highest BCUT2D eigenvalue weighted by atomic mass is 79.9. The molecule has 1 aliphatic heterocycles. The van der Waals surface area contributed by atoms with E-state index in [0.29, 0.717) is 37.4 Å². The summed E-state index contributed by atoms with van der Waals surface area (Å²) in [6, 6.07) is 22.1. The van der Waals surface area contributed by atoms with Crippen molar-refractivity contribution in [2.24, 2.45) is 0 Å². The van der Waals surface area contributed by atoms with Gasteiger partial charge in [0.15, 0.2) is 5.82 Å². The van der Waals surface area contributed by atoms with Gasteiger partial charge in [0.25, 0.3) is 11.5 Å². The number of amides is 1. The Bertz CT molecular complexity index is 1510. The molecule has 34 heavy (non-hydrogen) atoms. The largest absolute Gasteiger partial charge is 0.486 e. The summed E-state index contributed by atoms with van der Waals surface area (Å²) in [7, 11) is 0. The maximum Gasteiger partial charge on any atom is 0.266 e. The minimum atomic E-state index is -0.191. The number of carbonyl (C=O) groups is 1. The number of ether oxygens (including phenoxy) is 1. The zero-order valence-corrected chi connectivity index (χ0v) is 20.7. The fraction of sp³-hybridized carbons (Fsp3) is 0.0400. The van der Waals surface area contributed by atoms with Crippen molar-refractivity contribution in [2.45, 2.75) is 6.61 Å². The van der Waals surface area contributed by atoms with Crippen LogP contribution in [0.3, 0.4) is 0 Å². The quantitative estimate of drug-likeness (QED) is 0.272. The van der Waals surface area contributed by atoms with Crippen molar-refractivity contribution in [2.75, 3.05) is 0 Å². The number of nitrogens with zero attached hydrogens (tertiary/aromatic N) is 2. The average molecular weight is 550 g/mol. The van der Waals surface area contributed by atoms with E-state index < -0.39 is 0 Å². The number of hydrogen-bond donors (Lipinski definition) is 1. The van der Waals surface area contributed by atoms with E-state index in [1.165, 1.54) is 11.8 Å². The maximum absolute atomic E-state index is 13.3. The highest BCUT2D eigenvalue weighted by Crippen LogP contribution is 2.26. The molecule has 1 amide bonds. The third-order valence-electron chi connectivity index (χ3n) is 5.12. The standard InChI is InChI=1S/C25H16BrN3O3S2/c26-16-7-9-17(10-8-16)29-22(27-20-4-2-1-3-19(20)24(29)31)14-32-18-11-5-15(6-12-18)13-21-23(30)28-25(33)34-21/h1-13H,14H2,(H,28,30,33)/b21-13+. The molecule has 5 rings (SSSR count). The van der Waals surface area contributed by atoms with Crippen molar-refractivity contribution in [3.63, 3.8) is 0 Å². The van der Waals surface area contributed by atoms with E-state index >= 15 is 0 Å². The normalized spacial score (nSPS) is 14.6. The number of para-hydroxylation sites is 1. The van der Waals surface area contributed by atoms with Crippen LogP contribution in [0.5, 0.6) is 5.75 Å². The van der Waals surface area contributed by atoms with Crippen molar-refractivity contribution in [3.05, 3.63) is 104 Å². The van der Waals surface area contributed by atoms with E-state index in [2.05, 4.69) is 21.2 Å². The van der Waals surface area contributed by atoms with Crippen molar-refractivity contribution in [1.82, 2.24) is 14.9 Å². The summed E-state index contributed by atoms with van der Waals surface area (Å²) < 4.78 is 8.94. The molecule has 3 aromatic carbocycles. The molecule has 1 aliphatic rings. The molecule has 2 heterocycles. The van der Waals surface area contributed by atoms with Crippen LogP contribution in [0.1, 0.15) is 11.4 Å². The number of halogens is 1. The lowest BCUT2D eigenvalue weighted by Gasteiger charge is -2.14. The predicted octanol–water partition coefficient (Wildman–Crippen LogP) is 5.22. The van der Waals surface area contributed by atoms with Crippen molar-refractivity contribution >= 4 is 67.1 Å². The summed E-state index contributed by atoms with van der Waals surface area (Å²) in [6.45, 7) is 0.100. The smallest absolute Gasteiger partial charge is 0.266 e. The second-order valence-electron chi connectivity index (χ2n) is 7.37. The molecular weight excluding hydrogens is 534 g/mol. The number of thioether (sulfide) groups is 1. The molecule has 1 N–H and O–H groups in total. The van der Waals surface area contributed by atoms with E-state index in [9.17, 15) is 9.59 Å². The monoisotopic (exact) mass is 549 g/mol. The Morgan fingerprint density at radius 2 is 1.76 bits per heavy atom.